The van der Waals surface area contributed by atoms with Gasteiger partial charge in [0.05, 0.1) is 4.90 Å². The number of rotatable bonds is 8. The van der Waals surface area contributed by atoms with Gasteiger partial charge in [0.25, 0.3) is 5.91 Å². The summed E-state index contributed by atoms with van der Waals surface area (Å²) in [5, 5.41) is 0. The maximum absolute atomic E-state index is 12.8. The van der Waals surface area contributed by atoms with Crippen molar-refractivity contribution in [2.45, 2.75) is 58.9 Å². The molecule has 0 radical (unpaired) electrons. The summed E-state index contributed by atoms with van der Waals surface area (Å²) in [6, 6.07) is 5.03. The summed E-state index contributed by atoms with van der Waals surface area (Å²) in [6.45, 7) is 12.4. The van der Waals surface area contributed by atoms with Crippen molar-refractivity contribution in [2.24, 2.45) is 5.92 Å². The van der Waals surface area contributed by atoms with E-state index in [0.717, 1.165) is 6.42 Å². The number of hydrogen-bond donors (Lipinski definition) is 0. The lowest BCUT2D eigenvalue weighted by molar-refractivity contribution is 0.0728. The highest BCUT2D eigenvalue weighted by molar-refractivity contribution is 7.89. The summed E-state index contributed by atoms with van der Waals surface area (Å²) in [7, 11) is -1.82. The van der Waals surface area contributed by atoms with Gasteiger partial charge in [0, 0.05) is 31.7 Å². The number of carbonyl (C=O) groups excluding carboxylic acids is 1. The molecule has 1 rings (SSSR count). The molecular weight excluding hydrogens is 336 g/mol. The number of hydrogen-bond acceptors (Lipinski definition) is 3. The number of aryl methyl sites for hydroxylation is 1. The second-order valence-corrected chi connectivity index (χ2v) is 8.87. The normalized spacial score (nSPS) is 13.3. The minimum Gasteiger partial charge on any atom is -0.339 e. The van der Waals surface area contributed by atoms with Crippen LogP contribution >= 0.6 is 0 Å². The SMILES string of the molecule is CCN(CC)S(=O)(=O)c1cc(C(=O)N(C)C(C)CC(C)C)ccc1C. The van der Waals surface area contributed by atoms with E-state index in [2.05, 4.69) is 13.8 Å². The molecular formula is C19H32N2O3S. The molecule has 0 aliphatic carbocycles. The van der Waals surface area contributed by atoms with E-state index in [9.17, 15) is 13.2 Å². The van der Waals surface area contributed by atoms with Gasteiger partial charge in [0.15, 0.2) is 0 Å². The number of benzene rings is 1. The largest absolute Gasteiger partial charge is 0.339 e. The lowest BCUT2D eigenvalue weighted by Crippen LogP contribution is -2.36. The number of nitrogens with zero attached hydrogens (tertiary/aromatic N) is 2. The monoisotopic (exact) mass is 368 g/mol. The molecule has 0 heterocycles. The Morgan fingerprint density at radius 3 is 2.16 bits per heavy atom. The summed E-state index contributed by atoms with van der Waals surface area (Å²) in [5.41, 5.74) is 1.07. The summed E-state index contributed by atoms with van der Waals surface area (Å²) in [6.07, 6.45) is 0.901. The Kier molecular flexibility index (Phi) is 7.62. The fourth-order valence-corrected chi connectivity index (χ4v) is 4.67. The van der Waals surface area contributed by atoms with E-state index in [0.29, 0.717) is 30.1 Å². The smallest absolute Gasteiger partial charge is 0.253 e. The molecule has 25 heavy (non-hydrogen) atoms. The molecule has 0 spiro atoms. The molecule has 1 unspecified atom stereocenters. The van der Waals surface area contributed by atoms with Crippen molar-refractivity contribution in [3.63, 3.8) is 0 Å². The molecule has 6 heteroatoms. The molecule has 0 aromatic heterocycles. The second-order valence-electron chi connectivity index (χ2n) is 6.96. The number of sulfonamides is 1. The lowest BCUT2D eigenvalue weighted by Gasteiger charge is -2.27. The second kappa shape index (κ2) is 8.81. The van der Waals surface area contributed by atoms with Crippen molar-refractivity contribution in [3.8, 4) is 0 Å². The Labute approximate surface area is 153 Å². The highest BCUT2D eigenvalue weighted by Gasteiger charge is 2.26. The van der Waals surface area contributed by atoms with Gasteiger partial charge in [-0.3, -0.25) is 4.79 Å². The van der Waals surface area contributed by atoms with Crippen LogP contribution in [-0.2, 0) is 10.0 Å². The molecule has 142 valence electrons. The van der Waals surface area contributed by atoms with Crippen molar-refractivity contribution in [1.29, 1.82) is 0 Å². The standard InChI is InChI=1S/C19H32N2O3S/c1-8-21(9-2)25(23,24)18-13-17(11-10-15(18)5)19(22)20(7)16(6)12-14(3)4/h10-11,13-14,16H,8-9,12H2,1-7H3. The first-order chi connectivity index (χ1) is 11.6. The summed E-state index contributed by atoms with van der Waals surface area (Å²) in [4.78, 5) is 14.7. The molecule has 0 fully saturated rings. The van der Waals surface area contributed by atoms with E-state index in [1.54, 1.807) is 31.0 Å². The molecule has 0 bridgehead atoms. The first-order valence-electron chi connectivity index (χ1n) is 8.94. The first kappa shape index (κ1) is 21.6. The lowest BCUT2D eigenvalue weighted by atomic mass is 10.0. The van der Waals surface area contributed by atoms with Crippen molar-refractivity contribution >= 4 is 15.9 Å². The van der Waals surface area contributed by atoms with Gasteiger partial charge in [-0.2, -0.15) is 4.31 Å². The molecule has 1 atom stereocenters. The Hall–Kier alpha value is -1.40. The molecule has 5 nitrogen and oxygen atoms in total. The molecule has 0 saturated carbocycles. The fraction of sp³-hybridized carbons (Fsp3) is 0.632. The third-order valence-electron chi connectivity index (χ3n) is 4.55. The number of carbonyl (C=O) groups is 1. The van der Waals surface area contributed by atoms with E-state index >= 15 is 0 Å². The van der Waals surface area contributed by atoms with Crippen LogP contribution in [0.5, 0.6) is 0 Å². The van der Waals surface area contributed by atoms with Crippen LogP contribution in [0.2, 0.25) is 0 Å². The van der Waals surface area contributed by atoms with Gasteiger partial charge in [0.1, 0.15) is 0 Å². The van der Waals surface area contributed by atoms with Gasteiger partial charge >= 0.3 is 0 Å². The van der Waals surface area contributed by atoms with Crippen LogP contribution in [-0.4, -0.2) is 49.7 Å². The van der Waals surface area contributed by atoms with Crippen LogP contribution in [0.1, 0.15) is 57.0 Å². The molecule has 1 aromatic carbocycles. The van der Waals surface area contributed by atoms with Crippen LogP contribution in [0.3, 0.4) is 0 Å². The highest BCUT2D eigenvalue weighted by atomic mass is 32.2. The molecule has 1 aromatic rings. The zero-order valence-electron chi connectivity index (χ0n) is 16.5. The van der Waals surface area contributed by atoms with Gasteiger partial charge in [-0.05, 0) is 43.9 Å². The minimum absolute atomic E-state index is 0.0941. The average molecular weight is 369 g/mol. The fourth-order valence-electron chi connectivity index (χ4n) is 2.96. The van der Waals surface area contributed by atoms with Crippen LogP contribution in [0.25, 0.3) is 0 Å². The zero-order chi connectivity index (χ0) is 19.4. The Morgan fingerprint density at radius 2 is 1.68 bits per heavy atom. The van der Waals surface area contributed by atoms with Crippen molar-refractivity contribution in [1.82, 2.24) is 9.21 Å². The number of amides is 1. The Bertz CT molecular complexity index is 695. The van der Waals surface area contributed by atoms with Gasteiger partial charge in [-0.15, -0.1) is 0 Å². The quantitative estimate of drug-likeness (QED) is 0.705. The van der Waals surface area contributed by atoms with Crippen molar-refractivity contribution in [2.75, 3.05) is 20.1 Å². The molecule has 1 amide bonds. The van der Waals surface area contributed by atoms with Crippen LogP contribution in [0, 0.1) is 12.8 Å². The van der Waals surface area contributed by atoms with Gasteiger partial charge < -0.3 is 4.90 Å². The third-order valence-corrected chi connectivity index (χ3v) is 6.74. The maximum Gasteiger partial charge on any atom is 0.253 e. The van der Waals surface area contributed by atoms with Gasteiger partial charge in [-0.1, -0.05) is 33.8 Å². The van der Waals surface area contributed by atoms with E-state index in [1.165, 1.54) is 10.4 Å². The topological polar surface area (TPSA) is 57.7 Å². The van der Waals surface area contributed by atoms with Crippen molar-refractivity contribution < 1.29 is 13.2 Å². The zero-order valence-corrected chi connectivity index (χ0v) is 17.4. The van der Waals surface area contributed by atoms with Crippen molar-refractivity contribution in [3.05, 3.63) is 29.3 Å². The van der Waals surface area contributed by atoms with E-state index in [-0.39, 0.29) is 16.8 Å². The van der Waals surface area contributed by atoms with Crippen LogP contribution < -0.4 is 0 Å². The summed E-state index contributed by atoms with van der Waals surface area (Å²) >= 11 is 0. The summed E-state index contributed by atoms with van der Waals surface area (Å²) in [5.74, 6) is 0.339. The van der Waals surface area contributed by atoms with E-state index in [4.69, 9.17) is 0 Å². The molecule has 0 aliphatic heterocycles. The third kappa shape index (κ3) is 5.05. The van der Waals surface area contributed by atoms with E-state index < -0.39 is 10.0 Å². The van der Waals surface area contributed by atoms with Gasteiger partial charge in [-0.25, -0.2) is 8.42 Å². The van der Waals surface area contributed by atoms with Crippen LogP contribution in [0.15, 0.2) is 23.1 Å². The first-order valence-corrected chi connectivity index (χ1v) is 10.4. The average Bonchev–Trinajstić information content (AvgIpc) is 2.53. The Morgan fingerprint density at radius 1 is 1.12 bits per heavy atom. The molecule has 0 N–H and O–H groups in total. The predicted octanol–water partition coefficient (Wildman–Crippen LogP) is 3.53. The molecule has 0 saturated heterocycles. The van der Waals surface area contributed by atoms with Crippen LogP contribution in [0.4, 0.5) is 0 Å². The van der Waals surface area contributed by atoms with Gasteiger partial charge in [0.2, 0.25) is 10.0 Å². The predicted molar refractivity (Wildman–Crippen MR) is 102 cm³/mol. The Balaban J connectivity index is 3.23. The molecule has 0 aliphatic rings. The summed E-state index contributed by atoms with van der Waals surface area (Å²) < 4.78 is 27.1. The minimum atomic E-state index is -3.59. The van der Waals surface area contributed by atoms with E-state index in [1.807, 2.05) is 20.8 Å². The maximum atomic E-state index is 12.8. The highest BCUT2D eigenvalue weighted by Crippen LogP contribution is 2.23.